The summed E-state index contributed by atoms with van der Waals surface area (Å²) in [6, 6.07) is 7.66. The Kier molecular flexibility index (Phi) is 5.47. The summed E-state index contributed by atoms with van der Waals surface area (Å²) in [5, 5.41) is 0.253. The fourth-order valence-electron chi connectivity index (χ4n) is 4.33. The molecule has 2 atom stereocenters. The number of halogens is 4. The van der Waals surface area contributed by atoms with Gasteiger partial charge in [-0.05, 0) is 18.2 Å². The Hall–Kier alpha value is -2.47. The molecule has 0 amide bonds. The number of ether oxygens (including phenoxy) is 1. The van der Waals surface area contributed by atoms with Crippen LogP contribution in [0.1, 0.15) is 6.42 Å². The molecule has 3 heterocycles. The van der Waals surface area contributed by atoms with Crippen LogP contribution in [0.25, 0.3) is 11.0 Å². The zero-order valence-electron chi connectivity index (χ0n) is 17.1. The van der Waals surface area contributed by atoms with Gasteiger partial charge in [-0.2, -0.15) is 4.31 Å². The highest BCUT2D eigenvalue weighted by atomic mass is 35.5. The number of aromatic nitrogens is 2. The van der Waals surface area contributed by atoms with E-state index in [0.29, 0.717) is 0 Å². The first-order valence-corrected chi connectivity index (χ1v) is 12.0. The van der Waals surface area contributed by atoms with Gasteiger partial charge in [0.2, 0.25) is 10.0 Å². The molecule has 12 heteroatoms. The molecule has 0 aliphatic carbocycles. The van der Waals surface area contributed by atoms with Crippen LogP contribution in [-0.2, 0) is 14.8 Å². The Labute approximate surface area is 192 Å². The molecule has 2 aliphatic heterocycles. The average Bonchev–Trinajstić information content (AvgIpc) is 3.22. The van der Waals surface area contributed by atoms with E-state index in [1.165, 1.54) is 24.4 Å². The first-order valence-electron chi connectivity index (χ1n) is 10.1. The standard InChI is InChI=1S/C21H18ClF3N4O3S/c22-13-2-1-3-14(8-13)33(30,31)29-6-7-32-21(29)4-5-28(12-19(21)25)20-11-26-17-9-15(23)16(24)10-18(17)27-20/h1-3,8-11,19H,4-7,12H2/t19-,21+/m1/s1. The van der Waals surface area contributed by atoms with Gasteiger partial charge < -0.3 is 9.64 Å². The maximum atomic E-state index is 15.6. The molecule has 1 aromatic heterocycles. The van der Waals surface area contributed by atoms with Crippen LogP contribution in [0, 0.1) is 11.6 Å². The van der Waals surface area contributed by atoms with Gasteiger partial charge in [0.15, 0.2) is 23.5 Å². The molecular weight excluding hydrogens is 481 g/mol. The molecule has 2 aliphatic rings. The van der Waals surface area contributed by atoms with Crippen LogP contribution >= 0.6 is 11.6 Å². The Morgan fingerprint density at radius 2 is 1.88 bits per heavy atom. The molecule has 2 fully saturated rings. The first kappa shape index (κ1) is 22.3. The lowest BCUT2D eigenvalue weighted by molar-refractivity contribution is -0.116. The van der Waals surface area contributed by atoms with Gasteiger partial charge in [-0.15, -0.1) is 0 Å². The van der Waals surface area contributed by atoms with Crippen molar-refractivity contribution in [3.05, 3.63) is 59.3 Å². The van der Waals surface area contributed by atoms with E-state index in [-0.39, 0.29) is 59.4 Å². The molecule has 7 nitrogen and oxygen atoms in total. The predicted molar refractivity (Wildman–Crippen MR) is 115 cm³/mol. The molecule has 5 rings (SSSR count). The van der Waals surface area contributed by atoms with Gasteiger partial charge in [0.25, 0.3) is 0 Å². The quantitative estimate of drug-likeness (QED) is 0.550. The highest BCUT2D eigenvalue weighted by molar-refractivity contribution is 7.89. The van der Waals surface area contributed by atoms with E-state index in [0.717, 1.165) is 16.4 Å². The molecule has 2 saturated heterocycles. The van der Waals surface area contributed by atoms with Gasteiger partial charge >= 0.3 is 0 Å². The van der Waals surface area contributed by atoms with Gasteiger partial charge in [-0.3, -0.25) is 4.98 Å². The zero-order valence-corrected chi connectivity index (χ0v) is 18.7. The SMILES string of the molecule is O=S(=O)(c1cccc(Cl)c1)N1CCO[C@]12CCN(c1cnc3cc(F)c(F)cc3n1)C[C@H]2F. The van der Waals surface area contributed by atoms with E-state index >= 15 is 4.39 Å². The number of sulfonamides is 1. The monoisotopic (exact) mass is 498 g/mol. The van der Waals surface area contributed by atoms with Crippen LogP contribution in [0.15, 0.2) is 47.5 Å². The summed E-state index contributed by atoms with van der Waals surface area (Å²) in [6.07, 6.45) is -0.323. The predicted octanol–water partition coefficient (Wildman–Crippen LogP) is 3.53. The normalized spacial score (nSPS) is 24.1. The lowest BCUT2D eigenvalue weighted by Gasteiger charge is -2.45. The number of rotatable bonds is 3. The van der Waals surface area contributed by atoms with Gasteiger partial charge in [-0.1, -0.05) is 17.7 Å². The lowest BCUT2D eigenvalue weighted by atomic mass is 9.98. The minimum atomic E-state index is -4.06. The van der Waals surface area contributed by atoms with Crippen molar-refractivity contribution < 1.29 is 26.3 Å². The number of hydrogen-bond acceptors (Lipinski definition) is 6. The van der Waals surface area contributed by atoms with Crippen LogP contribution in [0.4, 0.5) is 19.0 Å². The van der Waals surface area contributed by atoms with Crippen LogP contribution in [0.5, 0.6) is 0 Å². The number of anilines is 1. The summed E-state index contributed by atoms with van der Waals surface area (Å²) >= 11 is 5.96. The molecule has 174 valence electrons. The third kappa shape index (κ3) is 3.72. The van der Waals surface area contributed by atoms with Crippen molar-refractivity contribution in [2.45, 2.75) is 23.2 Å². The largest absolute Gasteiger partial charge is 0.355 e. The van der Waals surface area contributed by atoms with Crippen molar-refractivity contribution in [1.82, 2.24) is 14.3 Å². The van der Waals surface area contributed by atoms with Gasteiger partial charge in [0.1, 0.15) is 5.82 Å². The highest BCUT2D eigenvalue weighted by Gasteiger charge is 2.57. The minimum Gasteiger partial charge on any atom is -0.355 e. The molecule has 0 N–H and O–H groups in total. The van der Waals surface area contributed by atoms with Crippen molar-refractivity contribution in [2.75, 3.05) is 31.1 Å². The number of alkyl halides is 1. The van der Waals surface area contributed by atoms with Crippen LogP contribution < -0.4 is 4.90 Å². The highest BCUT2D eigenvalue weighted by Crippen LogP contribution is 2.41. The number of fused-ring (bicyclic) bond motifs is 1. The van der Waals surface area contributed by atoms with Crippen molar-refractivity contribution in [1.29, 1.82) is 0 Å². The lowest BCUT2D eigenvalue weighted by Crippen LogP contribution is -2.62. The first-order chi connectivity index (χ1) is 15.7. The molecule has 33 heavy (non-hydrogen) atoms. The fraction of sp³-hybridized carbons (Fsp3) is 0.333. The van der Waals surface area contributed by atoms with Crippen molar-refractivity contribution >= 4 is 38.5 Å². The second-order valence-electron chi connectivity index (χ2n) is 7.87. The van der Waals surface area contributed by atoms with Crippen LogP contribution in [0.2, 0.25) is 5.02 Å². The number of piperidine rings is 1. The Morgan fingerprint density at radius 1 is 1.12 bits per heavy atom. The Bertz CT molecular complexity index is 1350. The van der Waals surface area contributed by atoms with E-state index in [1.807, 2.05) is 0 Å². The second kappa shape index (κ2) is 8.08. The maximum absolute atomic E-state index is 15.6. The third-order valence-electron chi connectivity index (χ3n) is 5.96. The molecule has 3 aromatic rings. The average molecular weight is 499 g/mol. The molecule has 1 spiro atoms. The zero-order chi connectivity index (χ0) is 23.4. The van der Waals surface area contributed by atoms with Crippen LogP contribution in [0.3, 0.4) is 0 Å². The van der Waals surface area contributed by atoms with Gasteiger partial charge in [0, 0.05) is 36.7 Å². The molecular formula is C21H18ClF3N4O3S. The van der Waals surface area contributed by atoms with Gasteiger partial charge in [-0.25, -0.2) is 26.6 Å². The summed E-state index contributed by atoms with van der Waals surface area (Å²) in [5.41, 5.74) is -1.36. The van der Waals surface area contributed by atoms with Crippen molar-refractivity contribution in [3.63, 3.8) is 0 Å². The summed E-state index contributed by atoms with van der Waals surface area (Å²) in [4.78, 5) is 9.91. The molecule has 0 saturated carbocycles. The Morgan fingerprint density at radius 3 is 2.61 bits per heavy atom. The summed E-state index contributed by atoms with van der Waals surface area (Å²) < 4.78 is 76.0. The summed E-state index contributed by atoms with van der Waals surface area (Å²) in [7, 11) is -4.06. The molecule has 2 aromatic carbocycles. The second-order valence-corrected chi connectivity index (χ2v) is 10.2. The van der Waals surface area contributed by atoms with E-state index in [1.54, 1.807) is 11.0 Å². The summed E-state index contributed by atoms with van der Waals surface area (Å²) in [5.74, 6) is -1.82. The smallest absolute Gasteiger partial charge is 0.245 e. The van der Waals surface area contributed by atoms with Crippen molar-refractivity contribution in [2.24, 2.45) is 0 Å². The van der Waals surface area contributed by atoms with E-state index in [9.17, 15) is 17.2 Å². The number of nitrogens with zero attached hydrogens (tertiary/aromatic N) is 4. The maximum Gasteiger partial charge on any atom is 0.245 e. The Balaban J connectivity index is 1.43. The van der Waals surface area contributed by atoms with E-state index in [4.69, 9.17) is 16.3 Å². The molecule has 0 bridgehead atoms. The topological polar surface area (TPSA) is 75.6 Å². The fourth-order valence-corrected chi connectivity index (χ4v) is 6.34. The summed E-state index contributed by atoms with van der Waals surface area (Å²) in [6.45, 7) is 0.0635. The minimum absolute atomic E-state index is 0.00981. The van der Waals surface area contributed by atoms with Crippen LogP contribution in [-0.4, -0.2) is 60.8 Å². The molecule has 0 unspecified atom stereocenters. The third-order valence-corrected chi connectivity index (χ3v) is 8.11. The van der Waals surface area contributed by atoms with E-state index < -0.39 is 33.6 Å². The van der Waals surface area contributed by atoms with E-state index in [2.05, 4.69) is 9.97 Å². The van der Waals surface area contributed by atoms with Gasteiger partial charge in [0.05, 0.1) is 35.3 Å². The number of hydrogen-bond donors (Lipinski definition) is 0. The number of benzene rings is 2. The molecule has 0 radical (unpaired) electrons. The van der Waals surface area contributed by atoms with Crippen molar-refractivity contribution in [3.8, 4) is 0 Å².